The van der Waals surface area contributed by atoms with E-state index in [0.29, 0.717) is 16.5 Å². The fourth-order valence-corrected chi connectivity index (χ4v) is 1.59. The Balaban J connectivity index is 3.04. The number of aromatic hydroxyl groups is 1. The largest absolute Gasteiger partial charge is 0.507 e. The van der Waals surface area contributed by atoms with Gasteiger partial charge < -0.3 is 10.8 Å². The molecule has 0 aliphatic rings. The molecule has 14 heavy (non-hydrogen) atoms. The highest BCUT2D eigenvalue weighted by Crippen LogP contribution is 2.28. The van der Waals surface area contributed by atoms with Gasteiger partial charge in [-0.1, -0.05) is 0 Å². The minimum absolute atomic E-state index is 0.0962. The van der Waals surface area contributed by atoms with Gasteiger partial charge in [-0.3, -0.25) is 0 Å². The molecule has 0 radical (unpaired) electrons. The van der Waals surface area contributed by atoms with Crippen molar-refractivity contribution in [3.05, 3.63) is 28.0 Å². The molecule has 3 N–H and O–H groups in total. The summed E-state index contributed by atoms with van der Waals surface area (Å²) in [6.07, 6.45) is 0.428. The Hall–Kier alpha value is -0.610. The SMILES string of the molecule is CC(C)(N)Cc1cc(Br)c(O)cc1F. The van der Waals surface area contributed by atoms with Crippen LogP contribution in [0.4, 0.5) is 4.39 Å². The summed E-state index contributed by atoms with van der Waals surface area (Å²) < 4.78 is 13.8. The van der Waals surface area contributed by atoms with Crippen LogP contribution in [0.25, 0.3) is 0 Å². The Kier molecular flexibility index (Phi) is 3.17. The van der Waals surface area contributed by atoms with E-state index in [0.717, 1.165) is 6.07 Å². The van der Waals surface area contributed by atoms with Gasteiger partial charge in [0, 0.05) is 11.6 Å². The highest BCUT2D eigenvalue weighted by molar-refractivity contribution is 9.10. The van der Waals surface area contributed by atoms with E-state index in [4.69, 9.17) is 5.73 Å². The van der Waals surface area contributed by atoms with Crippen LogP contribution in [0, 0.1) is 5.82 Å². The van der Waals surface area contributed by atoms with Crippen LogP contribution in [0.1, 0.15) is 19.4 Å². The first kappa shape index (κ1) is 11.5. The zero-order valence-electron chi connectivity index (χ0n) is 8.14. The molecule has 0 aliphatic heterocycles. The molecule has 1 rings (SSSR count). The van der Waals surface area contributed by atoms with Crippen LogP contribution in [0.5, 0.6) is 5.75 Å². The lowest BCUT2D eigenvalue weighted by atomic mass is 9.96. The van der Waals surface area contributed by atoms with E-state index in [-0.39, 0.29) is 5.75 Å². The van der Waals surface area contributed by atoms with Crippen molar-refractivity contribution in [3.8, 4) is 5.75 Å². The van der Waals surface area contributed by atoms with Crippen LogP contribution in [0.2, 0.25) is 0 Å². The number of hydrogen-bond donors (Lipinski definition) is 2. The second-order valence-corrected chi connectivity index (χ2v) is 4.91. The van der Waals surface area contributed by atoms with Crippen LogP contribution in [0.3, 0.4) is 0 Å². The third kappa shape index (κ3) is 2.96. The standard InChI is InChI=1S/C10H13BrFNO/c1-10(2,13)5-6-3-7(11)9(14)4-8(6)12/h3-4,14H,5,13H2,1-2H3. The average Bonchev–Trinajstić information content (AvgIpc) is 1.97. The molecule has 0 aliphatic carbocycles. The maximum absolute atomic E-state index is 13.3. The molecule has 0 fully saturated rings. The molecule has 0 heterocycles. The van der Waals surface area contributed by atoms with E-state index in [1.165, 1.54) is 0 Å². The van der Waals surface area contributed by atoms with Crippen molar-refractivity contribution in [3.63, 3.8) is 0 Å². The summed E-state index contributed by atoms with van der Waals surface area (Å²) in [5.41, 5.74) is 5.82. The van der Waals surface area contributed by atoms with Crippen molar-refractivity contribution in [1.82, 2.24) is 0 Å². The van der Waals surface area contributed by atoms with Gasteiger partial charge in [0.15, 0.2) is 0 Å². The molecular formula is C10H13BrFNO. The number of hydrogen-bond acceptors (Lipinski definition) is 2. The average molecular weight is 262 g/mol. The highest BCUT2D eigenvalue weighted by Gasteiger charge is 2.16. The second-order valence-electron chi connectivity index (χ2n) is 4.06. The quantitative estimate of drug-likeness (QED) is 0.860. The molecule has 4 heteroatoms. The van der Waals surface area contributed by atoms with Gasteiger partial charge >= 0.3 is 0 Å². The van der Waals surface area contributed by atoms with Gasteiger partial charge in [-0.15, -0.1) is 0 Å². The third-order valence-corrected chi connectivity index (χ3v) is 2.40. The zero-order chi connectivity index (χ0) is 10.9. The van der Waals surface area contributed by atoms with Crippen LogP contribution < -0.4 is 5.73 Å². The Labute approximate surface area is 91.1 Å². The highest BCUT2D eigenvalue weighted by atomic mass is 79.9. The Morgan fingerprint density at radius 1 is 1.50 bits per heavy atom. The van der Waals surface area contributed by atoms with Crippen molar-refractivity contribution in [1.29, 1.82) is 0 Å². The maximum Gasteiger partial charge on any atom is 0.132 e. The monoisotopic (exact) mass is 261 g/mol. The van der Waals surface area contributed by atoms with Gasteiger partial charge in [-0.05, 0) is 47.8 Å². The maximum atomic E-state index is 13.3. The summed E-state index contributed by atoms with van der Waals surface area (Å²) in [5.74, 6) is -0.523. The number of rotatable bonds is 2. The lowest BCUT2D eigenvalue weighted by molar-refractivity contribution is 0.458. The topological polar surface area (TPSA) is 46.2 Å². The first-order valence-electron chi connectivity index (χ1n) is 4.25. The first-order valence-corrected chi connectivity index (χ1v) is 5.05. The predicted molar refractivity (Wildman–Crippen MR) is 57.7 cm³/mol. The third-order valence-electron chi connectivity index (χ3n) is 1.76. The van der Waals surface area contributed by atoms with Crippen molar-refractivity contribution in [2.45, 2.75) is 25.8 Å². The Morgan fingerprint density at radius 2 is 2.07 bits per heavy atom. The summed E-state index contributed by atoms with van der Waals surface area (Å²) in [6.45, 7) is 3.65. The number of phenols is 1. The van der Waals surface area contributed by atoms with Gasteiger partial charge in [0.25, 0.3) is 0 Å². The molecule has 0 unspecified atom stereocenters. The molecule has 2 nitrogen and oxygen atoms in total. The molecule has 78 valence electrons. The molecular weight excluding hydrogens is 249 g/mol. The van der Waals surface area contributed by atoms with Crippen molar-refractivity contribution in [2.75, 3.05) is 0 Å². The summed E-state index contributed by atoms with van der Waals surface area (Å²) in [4.78, 5) is 0. The number of nitrogens with two attached hydrogens (primary N) is 1. The summed E-state index contributed by atoms with van der Waals surface area (Å²) in [7, 11) is 0. The Morgan fingerprint density at radius 3 is 2.57 bits per heavy atom. The molecule has 0 saturated carbocycles. The number of halogens is 2. The molecule has 0 atom stereocenters. The molecule has 0 amide bonds. The molecule has 0 saturated heterocycles. The van der Waals surface area contributed by atoms with E-state index in [2.05, 4.69) is 15.9 Å². The fraction of sp³-hybridized carbons (Fsp3) is 0.400. The van der Waals surface area contributed by atoms with E-state index in [9.17, 15) is 9.50 Å². The predicted octanol–water partition coefficient (Wildman–Crippen LogP) is 2.57. The molecule has 1 aromatic rings. The fourth-order valence-electron chi connectivity index (χ4n) is 1.20. The Bertz CT molecular complexity index is 347. The molecule has 0 aromatic heterocycles. The number of phenolic OH excluding ortho intramolecular Hbond substituents is 1. The lowest BCUT2D eigenvalue weighted by Crippen LogP contribution is -2.34. The summed E-state index contributed by atoms with van der Waals surface area (Å²) in [6, 6.07) is 2.64. The molecule has 1 aromatic carbocycles. The van der Waals surface area contributed by atoms with Gasteiger partial charge in [0.2, 0.25) is 0 Å². The van der Waals surface area contributed by atoms with Gasteiger partial charge in [-0.25, -0.2) is 4.39 Å². The lowest BCUT2D eigenvalue weighted by Gasteiger charge is -2.19. The van der Waals surface area contributed by atoms with Crippen molar-refractivity contribution < 1.29 is 9.50 Å². The van der Waals surface area contributed by atoms with E-state index in [1.807, 2.05) is 13.8 Å². The smallest absolute Gasteiger partial charge is 0.132 e. The van der Waals surface area contributed by atoms with E-state index in [1.54, 1.807) is 6.07 Å². The molecule has 0 bridgehead atoms. The first-order chi connectivity index (χ1) is 6.29. The zero-order valence-corrected chi connectivity index (χ0v) is 9.73. The second kappa shape index (κ2) is 3.87. The van der Waals surface area contributed by atoms with Crippen LogP contribution in [-0.4, -0.2) is 10.6 Å². The minimum Gasteiger partial charge on any atom is -0.507 e. The minimum atomic E-state index is -0.461. The van der Waals surface area contributed by atoms with Crippen molar-refractivity contribution >= 4 is 15.9 Å². The summed E-state index contributed by atoms with van der Waals surface area (Å²) >= 11 is 3.13. The van der Waals surface area contributed by atoms with E-state index >= 15 is 0 Å². The normalized spacial score (nSPS) is 11.8. The number of benzene rings is 1. The van der Waals surface area contributed by atoms with E-state index < -0.39 is 11.4 Å². The van der Waals surface area contributed by atoms with Gasteiger partial charge in [0.05, 0.1) is 4.47 Å². The molecule has 0 spiro atoms. The van der Waals surface area contributed by atoms with Crippen molar-refractivity contribution in [2.24, 2.45) is 5.73 Å². The van der Waals surface area contributed by atoms with Crippen LogP contribution >= 0.6 is 15.9 Å². The van der Waals surface area contributed by atoms with Crippen LogP contribution in [-0.2, 0) is 6.42 Å². The van der Waals surface area contributed by atoms with Gasteiger partial charge in [0.1, 0.15) is 11.6 Å². The summed E-state index contributed by atoms with van der Waals surface area (Å²) in [5, 5.41) is 9.20. The van der Waals surface area contributed by atoms with Crippen LogP contribution in [0.15, 0.2) is 16.6 Å². The van der Waals surface area contributed by atoms with Gasteiger partial charge in [-0.2, -0.15) is 0 Å².